The van der Waals surface area contributed by atoms with E-state index in [1.807, 2.05) is 0 Å². The molecular formula is C26H25F2N3O4. The van der Waals surface area contributed by atoms with Crippen LogP contribution >= 0.6 is 0 Å². The molecule has 7 nitrogen and oxygen atoms in total. The van der Waals surface area contributed by atoms with Gasteiger partial charge in [-0.2, -0.15) is 0 Å². The second-order valence-electron chi connectivity index (χ2n) is 9.68. The molecule has 1 aliphatic carbocycles. The number of pyridine rings is 1. The Labute approximate surface area is 200 Å². The number of benzene rings is 1. The minimum absolute atomic E-state index is 0.0231. The first kappa shape index (κ1) is 22.2. The van der Waals surface area contributed by atoms with E-state index in [0.29, 0.717) is 5.69 Å². The molecule has 1 unspecified atom stereocenters. The third kappa shape index (κ3) is 4.18. The van der Waals surface area contributed by atoms with Gasteiger partial charge in [0.1, 0.15) is 28.9 Å². The van der Waals surface area contributed by atoms with E-state index in [1.165, 1.54) is 18.3 Å². The third-order valence-electron chi connectivity index (χ3n) is 7.37. The number of carbonyl (C=O) groups is 1. The van der Waals surface area contributed by atoms with Crippen molar-refractivity contribution in [3.05, 3.63) is 65.1 Å². The van der Waals surface area contributed by atoms with Crippen molar-refractivity contribution >= 4 is 11.8 Å². The lowest BCUT2D eigenvalue weighted by atomic mass is 9.99. The van der Waals surface area contributed by atoms with Gasteiger partial charge in [-0.05, 0) is 62.8 Å². The molecule has 2 bridgehead atoms. The Morgan fingerprint density at radius 3 is 2.51 bits per heavy atom. The minimum atomic E-state index is -0.988. The number of aromatic nitrogens is 2. The molecular weight excluding hydrogens is 456 g/mol. The van der Waals surface area contributed by atoms with Gasteiger partial charge in [0.25, 0.3) is 0 Å². The maximum absolute atomic E-state index is 14.5. The fourth-order valence-corrected chi connectivity index (χ4v) is 5.52. The molecule has 1 aromatic carbocycles. The van der Waals surface area contributed by atoms with Crippen molar-refractivity contribution in [2.75, 3.05) is 4.90 Å². The van der Waals surface area contributed by atoms with Gasteiger partial charge in [-0.25, -0.2) is 18.6 Å². The second kappa shape index (κ2) is 8.71. The first-order valence-corrected chi connectivity index (χ1v) is 12.0. The van der Waals surface area contributed by atoms with Crippen LogP contribution in [0.5, 0.6) is 0 Å². The summed E-state index contributed by atoms with van der Waals surface area (Å²) in [5.41, 5.74) is 1.52. The predicted molar refractivity (Wildman–Crippen MR) is 122 cm³/mol. The first-order valence-electron chi connectivity index (χ1n) is 12.0. The predicted octanol–water partition coefficient (Wildman–Crippen LogP) is 5.31. The highest BCUT2D eigenvalue weighted by molar-refractivity contribution is 5.87. The van der Waals surface area contributed by atoms with E-state index in [2.05, 4.69) is 15.0 Å². The smallest absolute Gasteiger partial charge is 0.337 e. The molecule has 0 radical (unpaired) electrons. The van der Waals surface area contributed by atoms with E-state index in [-0.39, 0.29) is 41.8 Å². The van der Waals surface area contributed by atoms with Crippen molar-refractivity contribution in [1.29, 1.82) is 0 Å². The lowest BCUT2D eigenvalue weighted by Crippen LogP contribution is -2.46. The van der Waals surface area contributed by atoms with Crippen LogP contribution in [-0.4, -0.2) is 39.4 Å². The van der Waals surface area contributed by atoms with E-state index in [0.717, 1.165) is 61.7 Å². The Morgan fingerprint density at radius 1 is 1.11 bits per heavy atom. The summed E-state index contributed by atoms with van der Waals surface area (Å²) in [6.07, 6.45) is 7.13. The van der Waals surface area contributed by atoms with Gasteiger partial charge in [0.15, 0.2) is 0 Å². The lowest BCUT2D eigenvalue weighted by Gasteiger charge is -2.39. The molecule has 35 heavy (non-hydrogen) atoms. The SMILES string of the molecule is O=C(O)c1ccc(N2[C@@H]3CC[C@H]2CC(OCc2c(-c4ccc(F)cc4F)noc2C2CC2)C3)nc1. The highest BCUT2D eigenvalue weighted by atomic mass is 19.1. The average Bonchev–Trinajstić information content (AvgIpc) is 3.55. The zero-order valence-electron chi connectivity index (χ0n) is 19.0. The number of anilines is 1. The zero-order valence-corrected chi connectivity index (χ0v) is 19.0. The Kier molecular flexibility index (Phi) is 5.51. The summed E-state index contributed by atoms with van der Waals surface area (Å²) in [6.45, 7) is 0.261. The maximum atomic E-state index is 14.5. The van der Waals surface area contributed by atoms with Crippen LogP contribution in [-0.2, 0) is 11.3 Å². The van der Waals surface area contributed by atoms with Crippen LogP contribution in [0.1, 0.15) is 66.1 Å². The molecule has 4 heterocycles. The van der Waals surface area contributed by atoms with Gasteiger partial charge in [0.2, 0.25) is 0 Å². The number of nitrogens with zero attached hydrogens (tertiary/aromatic N) is 3. The van der Waals surface area contributed by atoms with Gasteiger partial charge >= 0.3 is 5.97 Å². The van der Waals surface area contributed by atoms with Gasteiger partial charge in [0, 0.05) is 41.4 Å². The summed E-state index contributed by atoms with van der Waals surface area (Å²) in [5, 5.41) is 13.3. The molecule has 182 valence electrons. The normalized spacial score (nSPS) is 23.6. The molecule has 2 aromatic heterocycles. The molecule has 1 N–H and O–H groups in total. The molecule has 3 aliphatic rings. The summed E-state index contributed by atoms with van der Waals surface area (Å²) < 4.78 is 39.9. The van der Waals surface area contributed by atoms with Gasteiger partial charge < -0.3 is 19.3 Å². The maximum Gasteiger partial charge on any atom is 0.337 e. The lowest BCUT2D eigenvalue weighted by molar-refractivity contribution is 0.0146. The molecule has 0 amide bonds. The van der Waals surface area contributed by atoms with Gasteiger partial charge in [-0.1, -0.05) is 5.16 Å². The van der Waals surface area contributed by atoms with Crippen molar-refractivity contribution in [2.45, 2.75) is 69.2 Å². The number of aromatic carboxylic acids is 1. The monoisotopic (exact) mass is 481 g/mol. The fraction of sp³-hybridized carbons (Fsp3) is 0.423. The average molecular weight is 481 g/mol. The standard InChI is InChI=1S/C26H25F2N3O4/c27-16-4-7-20(22(28)9-16)24-21(25(35-30-24)14-1-2-14)13-34-19-10-17-5-6-18(11-19)31(17)23-8-3-15(12-29-23)26(32)33/h3-4,7-9,12,14,17-19H,1-2,5-6,10-11,13H2,(H,32,33)/t17-,18+,19?. The van der Waals surface area contributed by atoms with Crippen LogP contribution in [0.2, 0.25) is 0 Å². The number of rotatable bonds is 7. The molecule has 1 saturated carbocycles. The highest BCUT2D eigenvalue weighted by Gasteiger charge is 2.42. The highest BCUT2D eigenvalue weighted by Crippen LogP contribution is 2.45. The summed E-state index contributed by atoms with van der Waals surface area (Å²) in [4.78, 5) is 17.8. The van der Waals surface area contributed by atoms with Crippen molar-refractivity contribution < 1.29 is 27.9 Å². The molecule has 3 atom stereocenters. The number of piperidine rings is 1. The molecule has 2 aliphatic heterocycles. The number of carboxylic acid groups (broad SMARTS) is 1. The molecule has 0 spiro atoms. The van der Waals surface area contributed by atoms with Crippen molar-refractivity contribution in [3.63, 3.8) is 0 Å². The van der Waals surface area contributed by atoms with E-state index >= 15 is 0 Å². The molecule has 3 aromatic rings. The van der Waals surface area contributed by atoms with E-state index in [4.69, 9.17) is 14.4 Å². The Bertz CT molecular complexity index is 1240. The van der Waals surface area contributed by atoms with Gasteiger partial charge in [-0.3, -0.25) is 0 Å². The van der Waals surface area contributed by atoms with Crippen LogP contribution in [0.15, 0.2) is 41.1 Å². The van der Waals surface area contributed by atoms with E-state index < -0.39 is 17.6 Å². The quantitative estimate of drug-likeness (QED) is 0.489. The largest absolute Gasteiger partial charge is 0.478 e. The summed E-state index contributed by atoms with van der Waals surface area (Å²) >= 11 is 0. The molecule has 3 fully saturated rings. The van der Waals surface area contributed by atoms with Crippen LogP contribution in [0.3, 0.4) is 0 Å². The van der Waals surface area contributed by atoms with Crippen LogP contribution in [0.4, 0.5) is 14.6 Å². The number of fused-ring (bicyclic) bond motifs is 2. The second-order valence-corrected chi connectivity index (χ2v) is 9.68. The van der Waals surface area contributed by atoms with Crippen LogP contribution in [0.25, 0.3) is 11.3 Å². The number of hydrogen-bond donors (Lipinski definition) is 1. The topological polar surface area (TPSA) is 88.7 Å². The fourth-order valence-electron chi connectivity index (χ4n) is 5.52. The number of ether oxygens (including phenoxy) is 1. The van der Waals surface area contributed by atoms with E-state index in [9.17, 15) is 13.6 Å². The summed E-state index contributed by atoms with van der Waals surface area (Å²) in [7, 11) is 0. The number of carboxylic acids is 1. The Hall–Kier alpha value is -3.33. The van der Waals surface area contributed by atoms with E-state index in [1.54, 1.807) is 12.1 Å². The van der Waals surface area contributed by atoms with Crippen molar-refractivity contribution in [2.24, 2.45) is 0 Å². The van der Waals surface area contributed by atoms with Crippen LogP contribution < -0.4 is 4.90 Å². The Balaban J connectivity index is 1.18. The Morgan fingerprint density at radius 2 is 1.89 bits per heavy atom. The summed E-state index contributed by atoms with van der Waals surface area (Å²) in [5.74, 6) is -0.481. The number of hydrogen-bond acceptors (Lipinski definition) is 6. The molecule has 9 heteroatoms. The van der Waals surface area contributed by atoms with Gasteiger partial charge in [-0.15, -0.1) is 0 Å². The minimum Gasteiger partial charge on any atom is -0.478 e. The number of halogens is 2. The molecule has 2 saturated heterocycles. The first-order chi connectivity index (χ1) is 17.0. The van der Waals surface area contributed by atoms with Crippen molar-refractivity contribution in [3.8, 4) is 11.3 Å². The summed E-state index contributed by atoms with van der Waals surface area (Å²) in [6, 6.07) is 7.37. The zero-order chi connectivity index (χ0) is 24.1. The van der Waals surface area contributed by atoms with Crippen LogP contribution in [0, 0.1) is 11.6 Å². The third-order valence-corrected chi connectivity index (χ3v) is 7.37. The molecule has 6 rings (SSSR count). The van der Waals surface area contributed by atoms with Gasteiger partial charge in [0.05, 0.1) is 18.3 Å². The van der Waals surface area contributed by atoms with Crippen molar-refractivity contribution in [1.82, 2.24) is 10.1 Å².